The predicted molar refractivity (Wildman–Crippen MR) is 98.3 cm³/mol. The van der Waals surface area contributed by atoms with Gasteiger partial charge in [0.1, 0.15) is 5.82 Å². The number of nitrogens with zero attached hydrogens (tertiary/aromatic N) is 3. The van der Waals surface area contributed by atoms with Crippen molar-refractivity contribution in [3.8, 4) is 5.69 Å². The number of aryl methyl sites for hydroxylation is 1. The topological polar surface area (TPSA) is 84.3 Å². The molecule has 1 N–H and O–H groups in total. The van der Waals surface area contributed by atoms with Gasteiger partial charge in [0.2, 0.25) is 0 Å². The molecule has 2 aromatic carbocycles. The molecular weight excluding hydrogens is 340 g/mol. The molecule has 0 amide bonds. The van der Waals surface area contributed by atoms with Crippen molar-refractivity contribution in [2.75, 3.05) is 18.8 Å². The van der Waals surface area contributed by atoms with Crippen molar-refractivity contribution in [1.82, 2.24) is 13.9 Å². The Hall–Kier alpha value is -2.71. The Labute approximate surface area is 145 Å². The lowest BCUT2D eigenvalue weighted by Crippen LogP contribution is -2.29. The minimum Gasteiger partial charge on any atom is -0.271 e. The Bertz CT molecular complexity index is 1100. The fraction of sp³-hybridized carbons (Fsp3) is 0.176. The summed E-state index contributed by atoms with van der Waals surface area (Å²) in [6.07, 6.45) is 0. The van der Waals surface area contributed by atoms with Gasteiger partial charge in [0.25, 0.3) is 5.56 Å². The second-order valence-electron chi connectivity index (χ2n) is 5.76. The Morgan fingerprint density at radius 3 is 2.52 bits per heavy atom. The van der Waals surface area contributed by atoms with E-state index in [4.69, 9.17) is 0 Å². The van der Waals surface area contributed by atoms with Crippen molar-refractivity contribution in [3.05, 3.63) is 64.7 Å². The van der Waals surface area contributed by atoms with E-state index in [-0.39, 0.29) is 5.56 Å². The summed E-state index contributed by atoms with van der Waals surface area (Å²) in [7, 11) is -0.748. The SMILES string of the molecule is Cc1nc2ccccc2c(=O)n1-c1cccc(NS(=O)(=O)N(C)C)c1. The first kappa shape index (κ1) is 17.1. The van der Waals surface area contributed by atoms with Gasteiger partial charge in [-0.1, -0.05) is 18.2 Å². The van der Waals surface area contributed by atoms with Crippen LogP contribution in [0.4, 0.5) is 5.69 Å². The number of hydrogen-bond acceptors (Lipinski definition) is 4. The summed E-state index contributed by atoms with van der Waals surface area (Å²) in [5, 5.41) is 0.507. The normalized spacial score (nSPS) is 11.8. The van der Waals surface area contributed by atoms with E-state index in [2.05, 4.69) is 9.71 Å². The van der Waals surface area contributed by atoms with E-state index in [0.29, 0.717) is 28.1 Å². The van der Waals surface area contributed by atoms with Gasteiger partial charge in [-0.05, 0) is 37.3 Å². The number of benzene rings is 2. The monoisotopic (exact) mass is 358 g/mol. The van der Waals surface area contributed by atoms with Crippen molar-refractivity contribution >= 4 is 26.8 Å². The Morgan fingerprint density at radius 1 is 1.08 bits per heavy atom. The third-order valence-electron chi connectivity index (χ3n) is 3.78. The highest BCUT2D eigenvalue weighted by atomic mass is 32.2. The van der Waals surface area contributed by atoms with E-state index in [1.54, 1.807) is 49.4 Å². The van der Waals surface area contributed by atoms with Crippen molar-refractivity contribution in [2.24, 2.45) is 0 Å². The lowest BCUT2D eigenvalue weighted by Gasteiger charge is -2.15. The smallest absolute Gasteiger partial charge is 0.271 e. The third kappa shape index (κ3) is 3.26. The van der Waals surface area contributed by atoms with Crippen LogP contribution in [0.1, 0.15) is 5.82 Å². The van der Waals surface area contributed by atoms with Crippen LogP contribution < -0.4 is 10.3 Å². The second kappa shape index (κ2) is 6.30. The number of anilines is 1. The molecule has 0 unspecified atom stereocenters. The number of nitrogens with one attached hydrogen (secondary N) is 1. The van der Waals surface area contributed by atoms with E-state index in [9.17, 15) is 13.2 Å². The zero-order valence-electron chi connectivity index (χ0n) is 14.1. The van der Waals surface area contributed by atoms with Crippen molar-refractivity contribution in [2.45, 2.75) is 6.92 Å². The summed E-state index contributed by atoms with van der Waals surface area (Å²) >= 11 is 0. The minimum atomic E-state index is -3.62. The maximum atomic E-state index is 12.8. The molecule has 0 aliphatic carbocycles. The molecule has 130 valence electrons. The highest BCUT2D eigenvalue weighted by Crippen LogP contribution is 2.17. The molecule has 3 rings (SSSR count). The molecule has 0 radical (unpaired) electrons. The zero-order chi connectivity index (χ0) is 18.2. The quantitative estimate of drug-likeness (QED) is 0.772. The van der Waals surface area contributed by atoms with Gasteiger partial charge in [0.05, 0.1) is 22.3 Å². The molecule has 0 aliphatic rings. The van der Waals surface area contributed by atoms with Crippen LogP contribution in [0.2, 0.25) is 0 Å². The van der Waals surface area contributed by atoms with E-state index >= 15 is 0 Å². The number of fused-ring (bicyclic) bond motifs is 1. The molecule has 0 bridgehead atoms. The standard InChI is InChI=1S/C17H18N4O3S/c1-12-18-16-10-5-4-9-15(16)17(22)21(12)14-8-6-7-13(11-14)19-25(23,24)20(2)3/h4-11,19H,1-3H3. The third-order valence-corrected chi connectivity index (χ3v) is 5.23. The summed E-state index contributed by atoms with van der Waals surface area (Å²) in [6, 6.07) is 13.8. The molecule has 0 aliphatic heterocycles. The van der Waals surface area contributed by atoms with Gasteiger partial charge in [-0.15, -0.1) is 0 Å². The summed E-state index contributed by atoms with van der Waals surface area (Å²) in [4.78, 5) is 17.3. The van der Waals surface area contributed by atoms with Gasteiger partial charge in [-0.2, -0.15) is 12.7 Å². The molecular formula is C17H18N4O3S. The van der Waals surface area contributed by atoms with Gasteiger partial charge >= 0.3 is 10.2 Å². The number of aromatic nitrogens is 2. The van der Waals surface area contributed by atoms with Gasteiger partial charge < -0.3 is 0 Å². The Balaban J connectivity index is 2.14. The molecule has 0 saturated heterocycles. The molecule has 0 atom stereocenters. The van der Waals surface area contributed by atoms with Crippen LogP contribution >= 0.6 is 0 Å². The number of para-hydroxylation sites is 1. The van der Waals surface area contributed by atoms with Crippen molar-refractivity contribution in [3.63, 3.8) is 0 Å². The first-order valence-corrected chi connectivity index (χ1v) is 9.03. The lowest BCUT2D eigenvalue weighted by atomic mass is 10.2. The first-order chi connectivity index (χ1) is 11.8. The van der Waals surface area contributed by atoms with Gasteiger partial charge in [-0.3, -0.25) is 14.1 Å². The summed E-state index contributed by atoms with van der Waals surface area (Å²) in [5.41, 5.74) is 1.34. The maximum Gasteiger partial charge on any atom is 0.301 e. The van der Waals surface area contributed by atoms with Crippen LogP contribution in [-0.2, 0) is 10.2 Å². The molecule has 0 saturated carbocycles. The second-order valence-corrected chi connectivity index (χ2v) is 7.64. The highest BCUT2D eigenvalue weighted by Gasteiger charge is 2.14. The van der Waals surface area contributed by atoms with Crippen LogP contribution in [0.25, 0.3) is 16.6 Å². The van der Waals surface area contributed by atoms with E-state index in [1.165, 1.54) is 18.7 Å². The zero-order valence-corrected chi connectivity index (χ0v) is 14.9. The largest absolute Gasteiger partial charge is 0.301 e. The van der Waals surface area contributed by atoms with E-state index in [0.717, 1.165) is 4.31 Å². The average molecular weight is 358 g/mol. The average Bonchev–Trinajstić information content (AvgIpc) is 2.54. The molecule has 3 aromatic rings. The van der Waals surface area contributed by atoms with Gasteiger partial charge in [0, 0.05) is 14.1 Å². The van der Waals surface area contributed by atoms with Gasteiger partial charge in [-0.25, -0.2) is 4.98 Å². The minimum absolute atomic E-state index is 0.198. The molecule has 8 heteroatoms. The van der Waals surface area contributed by atoms with Crippen LogP contribution in [0.5, 0.6) is 0 Å². The van der Waals surface area contributed by atoms with Crippen molar-refractivity contribution in [1.29, 1.82) is 0 Å². The molecule has 1 aromatic heterocycles. The van der Waals surface area contributed by atoms with E-state index in [1.807, 2.05) is 6.07 Å². The van der Waals surface area contributed by atoms with Crippen LogP contribution in [0, 0.1) is 6.92 Å². The van der Waals surface area contributed by atoms with Crippen LogP contribution in [-0.4, -0.2) is 36.4 Å². The Morgan fingerprint density at radius 2 is 1.80 bits per heavy atom. The molecule has 1 heterocycles. The number of rotatable bonds is 4. The fourth-order valence-electron chi connectivity index (χ4n) is 2.50. The summed E-state index contributed by atoms with van der Waals surface area (Å²) in [6.45, 7) is 1.74. The van der Waals surface area contributed by atoms with Crippen LogP contribution in [0.3, 0.4) is 0 Å². The highest BCUT2D eigenvalue weighted by molar-refractivity contribution is 7.90. The predicted octanol–water partition coefficient (Wildman–Crippen LogP) is 1.91. The van der Waals surface area contributed by atoms with Crippen molar-refractivity contribution < 1.29 is 8.42 Å². The van der Waals surface area contributed by atoms with Crippen LogP contribution in [0.15, 0.2) is 53.3 Å². The maximum absolute atomic E-state index is 12.8. The van der Waals surface area contributed by atoms with E-state index < -0.39 is 10.2 Å². The molecule has 25 heavy (non-hydrogen) atoms. The number of hydrogen-bond donors (Lipinski definition) is 1. The molecule has 7 nitrogen and oxygen atoms in total. The molecule has 0 spiro atoms. The lowest BCUT2D eigenvalue weighted by molar-refractivity contribution is 0.527. The molecule has 0 fully saturated rings. The first-order valence-electron chi connectivity index (χ1n) is 7.59. The Kier molecular flexibility index (Phi) is 4.32. The fourth-order valence-corrected chi connectivity index (χ4v) is 3.10. The van der Waals surface area contributed by atoms with Gasteiger partial charge in [0.15, 0.2) is 0 Å². The summed E-state index contributed by atoms with van der Waals surface area (Å²) < 4.78 is 29.0. The summed E-state index contributed by atoms with van der Waals surface area (Å²) in [5.74, 6) is 0.524.